The molecule has 0 aromatic heterocycles. The average molecular weight is 259 g/mol. The highest BCUT2D eigenvalue weighted by atomic mass is 32.2. The molecule has 0 saturated carbocycles. The summed E-state index contributed by atoms with van der Waals surface area (Å²) in [5.41, 5.74) is -1.57. The van der Waals surface area contributed by atoms with E-state index in [1.807, 2.05) is 0 Å². The Morgan fingerprint density at radius 2 is 1.56 bits per heavy atom. The summed E-state index contributed by atoms with van der Waals surface area (Å²) in [5.74, 6) is -5.19. The minimum absolute atomic E-state index is 0.429. The molecule has 0 heterocycles. The number of alkyl halides is 5. The van der Waals surface area contributed by atoms with E-state index in [1.165, 1.54) is 0 Å². The summed E-state index contributed by atoms with van der Waals surface area (Å²) in [6.07, 6.45) is -5.83. The predicted molar refractivity (Wildman–Crippen MR) is 43.6 cm³/mol. The van der Waals surface area contributed by atoms with Crippen LogP contribution >= 0.6 is 0 Å². The van der Waals surface area contributed by atoms with E-state index < -0.39 is 33.6 Å². The van der Waals surface area contributed by atoms with Gasteiger partial charge in [-0.2, -0.15) is 22.0 Å². The molecule has 0 aliphatic carbocycles. The molecule has 8 heteroatoms. The summed E-state index contributed by atoms with van der Waals surface area (Å²) in [6, 6.07) is 3.07. The second kappa shape index (κ2) is 4.10. The number of halogens is 5. The van der Waals surface area contributed by atoms with Gasteiger partial charge in [-0.05, 0) is 17.1 Å². The van der Waals surface area contributed by atoms with Gasteiger partial charge in [0.05, 0.1) is 0 Å². The monoisotopic (exact) mass is 259 g/mol. The normalized spacial score (nSPS) is 14.9. The molecule has 2 nitrogen and oxygen atoms in total. The Morgan fingerprint density at radius 3 is 2.00 bits per heavy atom. The third-order valence-electron chi connectivity index (χ3n) is 1.76. The highest BCUT2D eigenvalue weighted by Crippen LogP contribution is 2.45. The van der Waals surface area contributed by atoms with E-state index in [2.05, 4.69) is 0 Å². The number of benzene rings is 1. The van der Waals surface area contributed by atoms with Gasteiger partial charge in [0.25, 0.3) is 0 Å². The molecule has 1 atom stereocenters. The first-order valence-electron chi connectivity index (χ1n) is 3.81. The maximum Gasteiger partial charge on any atom is 0.458 e. The smallest absolute Gasteiger partial charge is 0.458 e. The van der Waals surface area contributed by atoms with E-state index in [0.29, 0.717) is 12.1 Å². The van der Waals surface area contributed by atoms with Crippen molar-refractivity contribution in [1.29, 1.82) is 0 Å². The lowest BCUT2D eigenvalue weighted by atomic mass is 10.1. The van der Waals surface area contributed by atoms with E-state index in [1.54, 1.807) is 0 Å². The zero-order chi connectivity index (χ0) is 12.6. The summed E-state index contributed by atoms with van der Waals surface area (Å²) in [5, 5.41) is 0. The second-order valence-corrected chi connectivity index (χ2v) is 3.71. The van der Waals surface area contributed by atoms with Crippen LogP contribution in [0.2, 0.25) is 0 Å². The lowest BCUT2D eigenvalue weighted by molar-refractivity contribution is -0.290. The van der Waals surface area contributed by atoms with Gasteiger partial charge in [0.2, 0.25) is 0 Å². The Labute approximate surface area is 89.4 Å². The Morgan fingerprint density at radius 1 is 1.06 bits per heavy atom. The third kappa shape index (κ3) is 2.22. The molecule has 1 aromatic carbocycles. The summed E-state index contributed by atoms with van der Waals surface area (Å²) in [7, 11) is 0. The van der Waals surface area contributed by atoms with Crippen LogP contribution in [0.25, 0.3) is 0 Å². The molecule has 16 heavy (non-hydrogen) atoms. The van der Waals surface area contributed by atoms with Gasteiger partial charge in [-0.1, -0.05) is 18.2 Å². The van der Waals surface area contributed by atoms with Crippen molar-refractivity contribution < 1.29 is 30.7 Å². The minimum atomic E-state index is -5.83. The minimum Gasteiger partial charge on any atom is -0.768 e. The van der Waals surface area contributed by atoms with Crippen molar-refractivity contribution in [3.05, 3.63) is 29.8 Å². The summed E-state index contributed by atoms with van der Waals surface area (Å²) in [6.45, 7) is 0. The fraction of sp³-hybridized carbons (Fsp3) is 0.250. The van der Waals surface area contributed by atoms with Gasteiger partial charge in [-0.3, -0.25) is 4.21 Å². The highest BCUT2D eigenvalue weighted by molar-refractivity contribution is 7.79. The van der Waals surface area contributed by atoms with Crippen LogP contribution in [-0.2, 0) is 17.0 Å². The molecule has 0 aliphatic rings. The Bertz CT molecular complexity index is 415. The number of hydrogen-bond acceptors (Lipinski definition) is 2. The first-order chi connectivity index (χ1) is 7.18. The molecule has 0 saturated heterocycles. The van der Waals surface area contributed by atoms with Crippen molar-refractivity contribution in [2.45, 2.75) is 17.0 Å². The first kappa shape index (κ1) is 13.0. The zero-order valence-electron chi connectivity index (χ0n) is 7.42. The van der Waals surface area contributed by atoms with E-state index >= 15 is 0 Å². The molecule has 90 valence electrons. The molecule has 0 radical (unpaired) electrons. The quantitative estimate of drug-likeness (QED) is 0.605. The molecule has 0 bridgehead atoms. The van der Waals surface area contributed by atoms with E-state index in [9.17, 15) is 30.7 Å². The summed E-state index contributed by atoms with van der Waals surface area (Å²) >= 11 is -3.15. The van der Waals surface area contributed by atoms with Crippen molar-refractivity contribution in [3.8, 4) is 0 Å². The van der Waals surface area contributed by atoms with Crippen molar-refractivity contribution in [2.75, 3.05) is 0 Å². The van der Waals surface area contributed by atoms with Crippen LogP contribution in [0.4, 0.5) is 22.0 Å². The van der Waals surface area contributed by atoms with Crippen LogP contribution in [0.15, 0.2) is 29.2 Å². The molecule has 1 rings (SSSR count). The maximum absolute atomic E-state index is 12.9. The summed E-state index contributed by atoms with van der Waals surface area (Å²) < 4.78 is 82.8. The van der Waals surface area contributed by atoms with Crippen LogP contribution in [-0.4, -0.2) is 14.9 Å². The SMILES string of the molecule is O=S([O-])c1ccccc1C(F)(F)C(F)(F)F. The highest BCUT2D eigenvalue weighted by Gasteiger charge is 2.59. The largest absolute Gasteiger partial charge is 0.768 e. The molecule has 0 fully saturated rings. The van der Waals surface area contributed by atoms with E-state index in [-0.39, 0.29) is 0 Å². The van der Waals surface area contributed by atoms with E-state index in [4.69, 9.17) is 0 Å². The second-order valence-electron chi connectivity index (χ2n) is 2.80. The Hall–Kier alpha value is -1.02. The first-order valence-corrected chi connectivity index (χ1v) is 4.88. The fourth-order valence-corrected chi connectivity index (χ4v) is 1.59. The molecule has 1 unspecified atom stereocenters. The van der Waals surface area contributed by atoms with Gasteiger partial charge in [0.15, 0.2) is 0 Å². The van der Waals surface area contributed by atoms with Crippen LogP contribution in [0.5, 0.6) is 0 Å². The zero-order valence-corrected chi connectivity index (χ0v) is 8.24. The van der Waals surface area contributed by atoms with Crippen LogP contribution in [0.1, 0.15) is 5.56 Å². The predicted octanol–water partition coefficient (Wildman–Crippen LogP) is 2.58. The molecule has 0 amide bonds. The molecule has 0 aliphatic heterocycles. The lowest BCUT2D eigenvalue weighted by Crippen LogP contribution is -2.34. The van der Waals surface area contributed by atoms with Crippen LogP contribution < -0.4 is 0 Å². The molecule has 0 N–H and O–H groups in total. The van der Waals surface area contributed by atoms with Crippen LogP contribution in [0.3, 0.4) is 0 Å². The van der Waals surface area contributed by atoms with Gasteiger partial charge in [0, 0.05) is 10.5 Å². The standard InChI is InChI=1S/C8H5F5O2S/c9-7(10,8(11,12)13)5-3-1-2-4-6(5)16(14)15/h1-4H,(H,14,15)/p-1. The van der Waals surface area contributed by atoms with Gasteiger partial charge < -0.3 is 4.55 Å². The average Bonchev–Trinajstić information content (AvgIpc) is 2.16. The van der Waals surface area contributed by atoms with Crippen molar-refractivity contribution in [1.82, 2.24) is 0 Å². The Kier molecular flexibility index (Phi) is 3.34. The summed E-state index contributed by atoms with van der Waals surface area (Å²) in [4.78, 5) is -1.06. The van der Waals surface area contributed by atoms with Crippen LogP contribution in [0, 0.1) is 0 Å². The van der Waals surface area contributed by atoms with Gasteiger partial charge >= 0.3 is 12.1 Å². The Balaban J connectivity index is 3.39. The molecular formula is C8H4F5O2S-. The lowest BCUT2D eigenvalue weighted by Gasteiger charge is -2.22. The van der Waals surface area contributed by atoms with Gasteiger partial charge in [-0.15, -0.1) is 0 Å². The molecular weight excluding hydrogens is 255 g/mol. The topological polar surface area (TPSA) is 40.1 Å². The van der Waals surface area contributed by atoms with Crippen molar-refractivity contribution >= 4 is 11.1 Å². The third-order valence-corrected chi connectivity index (χ3v) is 2.48. The van der Waals surface area contributed by atoms with Crippen molar-refractivity contribution in [3.63, 3.8) is 0 Å². The van der Waals surface area contributed by atoms with Gasteiger partial charge in [0.1, 0.15) is 0 Å². The van der Waals surface area contributed by atoms with Crippen molar-refractivity contribution in [2.24, 2.45) is 0 Å². The molecule has 1 aromatic rings. The van der Waals surface area contributed by atoms with E-state index in [0.717, 1.165) is 12.1 Å². The molecule has 0 spiro atoms. The fourth-order valence-electron chi connectivity index (χ4n) is 1.02. The maximum atomic E-state index is 12.9. The number of hydrogen-bond donors (Lipinski definition) is 0. The number of rotatable bonds is 2. The van der Waals surface area contributed by atoms with Gasteiger partial charge in [-0.25, -0.2) is 0 Å².